The first-order chi connectivity index (χ1) is 16.1. The van der Waals surface area contributed by atoms with Crippen LogP contribution in [0.2, 0.25) is 0 Å². The topological polar surface area (TPSA) is 75.6 Å². The fraction of sp³-hybridized carbons (Fsp3) is 0.400. The lowest BCUT2D eigenvalue weighted by atomic mass is 10.1. The predicted molar refractivity (Wildman–Crippen MR) is 130 cm³/mol. The molecule has 8 nitrogen and oxygen atoms in total. The average molecular weight is 447 g/mol. The molecule has 0 spiro atoms. The highest BCUT2D eigenvalue weighted by atomic mass is 16.5. The van der Waals surface area contributed by atoms with Crippen LogP contribution in [0.15, 0.2) is 48.8 Å². The van der Waals surface area contributed by atoms with E-state index in [0.717, 1.165) is 48.9 Å². The molecule has 33 heavy (non-hydrogen) atoms. The zero-order chi connectivity index (χ0) is 22.8. The highest BCUT2D eigenvalue weighted by Gasteiger charge is 2.39. The maximum absolute atomic E-state index is 5.75. The molecule has 0 radical (unpaired) electrons. The second kappa shape index (κ2) is 9.33. The molecule has 3 aromatic rings. The number of hydrogen-bond donors (Lipinski definition) is 1. The van der Waals surface area contributed by atoms with Crippen LogP contribution in [-0.4, -0.2) is 67.6 Å². The Morgan fingerprint density at radius 3 is 2.82 bits per heavy atom. The molecule has 2 saturated heterocycles. The number of nitrogens with one attached hydrogen (secondary N) is 1. The van der Waals surface area contributed by atoms with E-state index in [1.807, 2.05) is 31.4 Å². The lowest BCUT2D eigenvalue weighted by Crippen LogP contribution is -2.37. The van der Waals surface area contributed by atoms with Gasteiger partial charge in [0.25, 0.3) is 0 Å². The molecule has 5 rings (SSSR count). The van der Waals surface area contributed by atoms with Crippen molar-refractivity contribution in [2.24, 2.45) is 0 Å². The summed E-state index contributed by atoms with van der Waals surface area (Å²) in [6.45, 7) is 5.42. The number of aryl methyl sites for hydroxylation is 1. The van der Waals surface area contributed by atoms with Crippen LogP contribution in [0.5, 0.6) is 0 Å². The third-order valence-electron chi connectivity index (χ3n) is 6.38. The van der Waals surface area contributed by atoms with E-state index >= 15 is 0 Å². The average Bonchev–Trinajstić information content (AvgIpc) is 3.47. The van der Waals surface area contributed by atoms with E-state index in [2.05, 4.69) is 50.2 Å². The van der Waals surface area contributed by atoms with Crippen LogP contribution in [0, 0.1) is 6.92 Å². The monoisotopic (exact) mass is 446 g/mol. The maximum atomic E-state index is 5.75. The van der Waals surface area contributed by atoms with Crippen molar-refractivity contribution in [3.63, 3.8) is 0 Å². The van der Waals surface area contributed by atoms with Gasteiger partial charge in [0.2, 0.25) is 5.95 Å². The standard InChI is InChI=1S/C25H30N6O2/c1-17-12-19(5-6-23(17)31-15-21-13-20(31)16-33-21)28-25-26-9-8-22(29-25)18-4-7-24(27-14-18)30(2)10-11-32-3/h4-9,12,14,20-21H,10-11,13,15-16H2,1-3H3,(H,26,28,29). The largest absolute Gasteiger partial charge is 0.383 e. The van der Waals surface area contributed by atoms with Gasteiger partial charge in [0.15, 0.2) is 0 Å². The van der Waals surface area contributed by atoms with Crippen LogP contribution in [0.3, 0.4) is 0 Å². The molecule has 0 aliphatic carbocycles. The summed E-state index contributed by atoms with van der Waals surface area (Å²) in [6.07, 6.45) is 5.14. The van der Waals surface area contributed by atoms with Crippen molar-refractivity contribution in [2.75, 3.05) is 55.6 Å². The molecule has 1 N–H and O–H groups in total. The van der Waals surface area contributed by atoms with Gasteiger partial charge >= 0.3 is 0 Å². The quantitative estimate of drug-likeness (QED) is 0.562. The van der Waals surface area contributed by atoms with Gasteiger partial charge in [0, 0.05) is 56.6 Å². The summed E-state index contributed by atoms with van der Waals surface area (Å²) >= 11 is 0. The van der Waals surface area contributed by atoms with Gasteiger partial charge in [-0.2, -0.15) is 0 Å². The van der Waals surface area contributed by atoms with E-state index < -0.39 is 0 Å². The van der Waals surface area contributed by atoms with Crippen molar-refractivity contribution < 1.29 is 9.47 Å². The van der Waals surface area contributed by atoms with Gasteiger partial charge in [0.1, 0.15) is 5.82 Å². The smallest absolute Gasteiger partial charge is 0.227 e. The minimum absolute atomic E-state index is 0.387. The zero-order valence-corrected chi connectivity index (χ0v) is 19.4. The van der Waals surface area contributed by atoms with Crippen LogP contribution < -0.4 is 15.1 Å². The lowest BCUT2D eigenvalue weighted by Gasteiger charge is -2.30. The Morgan fingerprint density at radius 1 is 1.21 bits per heavy atom. The summed E-state index contributed by atoms with van der Waals surface area (Å²) in [5.41, 5.74) is 5.27. The van der Waals surface area contributed by atoms with Gasteiger partial charge in [-0.3, -0.25) is 0 Å². The first kappa shape index (κ1) is 21.6. The van der Waals surface area contributed by atoms with Crippen molar-refractivity contribution in [2.45, 2.75) is 25.5 Å². The van der Waals surface area contributed by atoms with Gasteiger partial charge in [-0.15, -0.1) is 0 Å². The predicted octanol–water partition coefficient (Wildman–Crippen LogP) is 3.65. The van der Waals surface area contributed by atoms with Gasteiger partial charge in [-0.1, -0.05) is 0 Å². The van der Waals surface area contributed by atoms with E-state index in [1.165, 1.54) is 11.3 Å². The molecule has 2 aromatic heterocycles. The van der Waals surface area contributed by atoms with E-state index in [9.17, 15) is 0 Å². The summed E-state index contributed by atoms with van der Waals surface area (Å²) < 4.78 is 10.9. The molecular weight excluding hydrogens is 416 g/mol. The van der Waals surface area contributed by atoms with E-state index in [0.29, 0.717) is 24.7 Å². The number of morpholine rings is 1. The van der Waals surface area contributed by atoms with Gasteiger partial charge < -0.3 is 24.6 Å². The Balaban J connectivity index is 1.28. The Hall–Kier alpha value is -3.23. The summed E-state index contributed by atoms with van der Waals surface area (Å²) in [6, 6.07) is 12.9. The molecule has 2 bridgehead atoms. The number of aromatic nitrogens is 3. The summed E-state index contributed by atoms with van der Waals surface area (Å²) in [4.78, 5) is 18.2. The Morgan fingerprint density at radius 2 is 2.12 bits per heavy atom. The van der Waals surface area contributed by atoms with Crippen LogP contribution in [0.25, 0.3) is 11.3 Å². The van der Waals surface area contributed by atoms with Crippen molar-refractivity contribution in [1.29, 1.82) is 0 Å². The number of ether oxygens (including phenoxy) is 2. The number of likely N-dealkylation sites (N-methyl/N-ethyl adjacent to an activating group) is 1. The second-order valence-corrected chi connectivity index (χ2v) is 8.71. The highest BCUT2D eigenvalue weighted by Crippen LogP contribution is 2.35. The van der Waals surface area contributed by atoms with E-state index in [1.54, 1.807) is 13.3 Å². The molecular formula is C25H30N6O2. The number of hydrogen-bond acceptors (Lipinski definition) is 8. The fourth-order valence-corrected chi connectivity index (χ4v) is 4.57. The molecule has 2 fully saturated rings. The van der Waals surface area contributed by atoms with Crippen LogP contribution >= 0.6 is 0 Å². The number of rotatable bonds is 8. The molecule has 0 saturated carbocycles. The molecule has 0 amide bonds. The molecule has 2 aliphatic rings. The van der Waals surface area contributed by atoms with Crippen molar-refractivity contribution in [3.8, 4) is 11.3 Å². The number of pyridine rings is 1. The van der Waals surface area contributed by atoms with Gasteiger partial charge in [-0.25, -0.2) is 15.0 Å². The normalized spacial score (nSPS) is 19.2. The molecule has 4 heterocycles. The van der Waals surface area contributed by atoms with Gasteiger partial charge in [-0.05, 0) is 55.3 Å². The minimum atomic E-state index is 0.387. The molecule has 2 atom stereocenters. The molecule has 2 aliphatic heterocycles. The van der Waals surface area contributed by atoms with Crippen molar-refractivity contribution >= 4 is 23.1 Å². The van der Waals surface area contributed by atoms with Gasteiger partial charge in [0.05, 0.1) is 31.1 Å². The van der Waals surface area contributed by atoms with E-state index in [-0.39, 0.29) is 0 Å². The highest BCUT2D eigenvalue weighted by molar-refractivity contribution is 5.66. The summed E-state index contributed by atoms with van der Waals surface area (Å²) in [5.74, 6) is 1.46. The first-order valence-electron chi connectivity index (χ1n) is 11.4. The number of methoxy groups -OCH3 is 1. The molecule has 172 valence electrons. The van der Waals surface area contributed by atoms with Crippen LogP contribution in [0.1, 0.15) is 12.0 Å². The SMILES string of the molecule is COCCN(C)c1ccc(-c2ccnc(Nc3ccc(N4CC5CC4CO5)c(C)c3)n2)cn1. The third-order valence-corrected chi connectivity index (χ3v) is 6.38. The summed E-state index contributed by atoms with van der Waals surface area (Å²) in [5, 5.41) is 3.35. The van der Waals surface area contributed by atoms with E-state index in [4.69, 9.17) is 14.5 Å². The first-order valence-corrected chi connectivity index (χ1v) is 11.4. The van der Waals surface area contributed by atoms with Crippen LogP contribution in [0.4, 0.5) is 23.1 Å². The minimum Gasteiger partial charge on any atom is -0.383 e. The zero-order valence-electron chi connectivity index (χ0n) is 19.4. The number of anilines is 4. The van der Waals surface area contributed by atoms with Crippen LogP contribution in [-0.2, 0) is 9.47 Å². The maximum Gasteiger partial charge on any atom is 0.227 e. The number of nitrogens with zero attached hydrogens (tertiary/aromatic N) is 5. The molecule has 1 aromatic carbocycles. The Labute approximate surface area is 194 Å². The molecule has 2 unspecified atom stereocenters. The third kappa shape index (κ3) is 4.62. The summed E-state index contributed by atoms with van der Waals surface area (Å²) in [7, 11) is 3.70. The Kier molecular flexibility index (Phi) is 6.11. The van der Waals surface area contributed by atoms with Crippen molar-refractivity contribution in [1.82, 2.24) is 15.0 Å². The lowest BCUT2D eigenvalue weighted by molar-refractivity contribution is 0.0991. The Bertz CT molecular complexity index is 1110. The fourth-order valence-electron chi connectivity index (χ4n) is 4.57. The van der Waals surface area contributed by atoms with Crippen molar-refractivity contribution in [3.05, 3.63) is 54.4 Å². The second-order valence-electron chi connectivity index (χ2n) is 8.71. The molecule has 8 heteroatoms. The number of fused-ring (bicyclic) bond motifs is 2. The number of benzene rings is 1.